The predicted octanol–water partition coefficient (Wildman–Crippen LogP) is 3.60. The number of para-hydroxylation sites is 2. The number of rotatable bonds is 4. The van der Waals surface area contributed by atoms with Gasteiger partial charge in [-0.25, -0.2) is 0 Å². The van der Waals surface area contributed by atoms with Gasteiger partial charge in [0.05, 0.1) is 13.4 Å². The Morgan fingerprint density at radius 1 is 1.10 bits per heavy atom. The van der Waals surface area contributed by atoms with Crippen LogP contribution in [-0.4, -0.2) is 7.11 Å². The van der Waals surface area contributed by atoms with Gasteiger partial charge in [0.1, 0.15) is 12.2 Å². The molecule has 4 heteroatoms. The van der Waals surface area contributed by atoms with Crippen molar-refractivity contribution in [3.63, 3.8) is 0 Å². The number of hydrogen-bond donors (Lipinski definition) is 1. The molecule has 0 saturated heterocycles. The van der Waals surface area contributed by atoms with E-state index in [0.29, 0.717) is 23.8 Å². The number of methoxy groups -OCH3 is 1. The second-order valence-electron chi connectivity index (χ2n) is 4.46. The summed E-state index contributed by atoms with van der Waals surface area (Å²) < 4.78 is 16.5. The zero-order chi connectivity index (χ0) is 13.9. The predicted molar refractivity (Wildman–Crippen MR) is 78.0 cm³/mol. The Bertz CT molecular complexity index is 733. The molecule has 1 aromatic heterocycles. The lowest BCUT2D eigenvalue weighted by Crippen LogP contribution is -1.96. The third kappa shape index (κ3) is 2.28. The maximum absolute atomic E-state index is 5.79. The lowest BCUT2D eigenvalue weighted by Gasteiger charge is -2.09. The van der Waals surface area contributed by atoms with Crippen LogP contribution in [0.2, 0.25) is 0 Å². The Labute approximate surface area is 116 Å². The van der Waals surface area contributed by atoms with Gasteiger partial charge in [0, 0.05) is 22.7 Å². The Hall–Kier alpha value is -2.62. The first-order valence-electron chi connectivity index (χ1n) is 6.29. The number of furan rings is 1. The van der Waals surface area contributed by atoms with Crippen LogP contribution in [0, 0.1) is 0 Å². The first-order chi connectivity index (χ1) is 9.78. The van der Waals surface area contributed by atoms with Crippen molar-refractivity contribution in [1.82, 2.24) is 0 Å². The van der Waals surface area contributed by atoms with Crippen LogP contribution in [0.25, 0.3) is 11.0 Å². The normalized spacial score (nSPS) is 10.7. The lowest BCUT2D eigenvalue weighted by atomic mass is 10.2. The van der Waals surface area contributed by atoms with E-state index in [1.54, 1.807) is 13.4 Å². The summed E-state index contributed by atoms with van der Waals surface area (Å²) in [6, 6.07) is 13.2. The van der Waals surface area contributed by atoms with Gasteiger partial charge in [0.15, 0.2) is 11.5 Å². The molecule has 3 aromatic rings. The van der Waals surface area contributed by atoms with Crippen LogP contribution in [0.1, 0.15) is 5.56 Å². The van der Waals surface area contributed by atoms with Crippen molar-refractivity contribution in [2.45, 2.75) is 6.61 Å². The highest BCUT2D eigenvalue weighted by molar-refractivity contribution is 5.83. The number of nitrogen functional groups attached to an aromatic ring is 1. The van der Waals surface area contributed by atoms with Gasteiger partial charge in [0.2, 0.25) is 0 Å². The molecule has 0 bridgehead atoms. The van der Waals surface area contributed by atoms with Gasteiger partial charge in [-0.15, -0.1) is 0 Å². The number of ether oxygens (including phenoxy) is 2. The Balaban J connectivity index is 1.83. The molecule has 0 atom stereocenters. The average Bonchev–Trinajstić information content (AvgIpc) is 2.87. The van der Waals surface area contributed by atoms with Gasteiger partial charge >= 0.3 is 0 Å². The topological polar surface area (TPSA) is 57.6 Å². The van der Waals surface area contributed by atoms with Crippen LogP contribution in [0.5, 0.6) is 11.5 Å². The van der Waals surface area contributed by atoms with E-state index in [1.165, 1.54) is 0 Å². The summed E-state index contributed by atoms with van der Waals surface area (Å²) in [5.41, 5.74) is 8.16. The molecule has 0 aliphatic rings. The zero-order valence-corrected chi connectivity index (χ0v) is 11.1. The maximum Gasteiger partial charge on any atom is 0.161 e. The first-order valence-corrected chi connectivity index (χ1v) is 6.29. The smallest absolute Gasteiger partial charge is 0.161 e. The summed E-state index contributed by atoms with van der Waals surface area (Å²) >= 11 is 0. The minimum atomic E-state index is 0.414. The quantitative estimate of drug-likeness (QED) is 0.735. The van der Waals surface area contributed by atoms with Crippen molar-refractivity contribution >= 4 is 16.7 Å². The zero-order valence-electron chi connectivity index (χ0n) is 11.1. The highest BCUT2D eigenvalue weighted by Gasteiger charge is 2.08. The fourth-order valence-electron chi connectivity index (χ4n) is 2.11. The molecule has 0 saturated carbocycles. The molecule has 20 heavy (non-hydrogen) atoms. The van der Waals surface area contributed by atoms with E-state index in [9.17, 15) is 0 Å². The van der Waals surface area contributed by atoms with Gasteiger partial charge < -0.3 is 19.6 Å². The molecule has 0 radical (unpaired) electrons. The molecule has 102 valence electrons. The molecule has 1 heterocycles. The molecule has 0 fully saturated rings. The molecule has 0 amide bonds. The fourth-order valence-corrected chi connectivity index (χ4v) is 2.11. The van der Waals surface area contributed by atoms with Crippen LogP contribution in [0.15, 0.2) is 53.1 Å². The molecule has 4 nitrogen and oxygen atoms in total. The number of nitrogens with two attached hydrogens (primary N) is 1. The molecule has 2 aromatic carbocycles. The van der Waals surface area contributed by atoms with Crippen molar-refractivity contribution in [1.29, 1.82) is 0 Å². The third-order valence-electron chi connectivity index (χ3n) is 3.13. The summed E-state index contributed by atoms with van der Waals surface area (Å²) in [5, 5.41) is 1.01. The van der Waals surface area contributed by atoms with Crippen LogP contribution < -0.4 is 15.2 Å². The van der Waals surface area contributed by atoms with Gasteiger partial charge in [-0.2, -0.15) is 0 Å². The summed E-state index contributed by atoms with van der Waals surface area (Å²) in [6.07, 6.45) is 1.69. The summed E-state index contributed by atoms with van der Waals surface area (Å²) in [6.45, 7) is 0.414. The largest absolute Gasteiger partial charge is 0.493 e. The van der Waals surface area contributed by atoms with E-state index in [4.69, 9.17) is 19.6 Å². The van der Waals surface area contributed by atoms with Gasteiger partial charge in [-0.3, -0.25) is 0 Å². The van der Waals surface area contributed by atoms with Crippen molar-refractivity contribution in [3.8, 4) is 11.5 Å². The standard InChI is InChI=1S/C16H15NO3/c1-18-14-4-2-3-5-15(14)19-9-11-10-20-16-8-12(17)6-7-13(11)16/h2-8,10H,9,17H2,1H3. The van der Waals surface area contributed by atoms with Crippen molar-refractivity contribution in [3.05, 3.63) is 54.3 Å². The summed E-state index contributed by atoms with van der Waals surface area (Å²) in [5.74, 6) is 1.42. The fraction of sp³-hybridized carbons (Fsp3) is 0.125. The minimum absolute atomic E-state index is 0.414. The molecule has 0 unspecified atom stereocenters. The summed E-state index contributed by atoms with van der Waals surface area (Å²) in [7, 11) is 1.62. The Kier molecular flexibility index (Phi) is 3.21. The van der Waals surface area contributed by atoms with Crippen LogP contribution in [0.3, 0.4) is 0 Å². The van der Waals surface area contributed by atoms with Gasteiger partial charge in [0.25, 0.3) is 0 Å². The Morgan fingerprint density at radius 3 is 2.70 bits per heavy atom. The van der Waals surface area contributed by atoms with E-state index in [0.717, 1.165) is 16.5 Å². The van der Waals surface area contributed by atoms with E-state index >= 15 is 0 Å². The third-order valence-corrected chi connectivity index (χ3v) is 3.13. The van der Waals surface area contributed by atoms with Gasteiger partial charge in [-0.1, -0.05) is 12.1 Å². The van der Waals surface area contributed by atoms with E-state index in [1.807, 2.05) is 42.5 Å². The number of anilines is 1. The molecule has 0 aliphatic heterocycles. The van der Waals surface area contributed by atoms with Crippen LogP contribution in [-0.2, 0) is 6.61 Å². The molecular formula is C16H15NO3. The minimum Gasteiger partial charge on any atom is -0.493 e. The lowest BCUT2D eigenvalue weighted by molar-refractivity contribution is 0.284. The van der Waals surface area contributed by atoms with E-state index in [-0.39, 0.29) is 0 Å². The number of hydrogen-bond acceptors (Lipinski definition) is 4. The molecular weight excluding hydrogens is 254 g/mol. The molecule has 3 rings (SSSR count). The summed E-state index contributed by atoms with van der Waals surface area (Å²) in [4.78, 5) is 0. The maximum atomic E-state index is 5.79. The monoisotopic (exact) mass is 269 g/mol. The average molecular weight is 269 g/mol. The Morgan fingerprint density at radius 2 is 1.90 bits per heavy atom. The SMILES string of the molecule is COc1ccccc1OCc1coc2cc(N)ccc12. The van der Waals surface area contributed by atoms with Crippen molar-refractivity contribution < 1.29 is 13.9 Å². The number of fused-ring (bicyclic) bond motifs is 1. The van der Waals surface area contributed by atoms with Crippen LogP contribution in [0.4, 0.5) is 5.69 Å². The second kappa shape index (κ2) is 5.17. The number of benzene rings is 2. The van der Waals surface area contributed by atoms with E-state index < -0.39 is 0 Å². The van der Waals surface area contributed by atoms with Crippen LogP contribution >= 0.6 is 0 Å². The van der Waals surface area contributed by atoms with E-state index in [2.05, 4.69) is 0 Å². The molecule has 0 aliphatic carbocycles. The molecule has 2 N–H and O–H groups in total. The highest BCUT2D eigenvalue weighted by atomic mass is 16.5. The highest BCUT2D eigenvalue weighted by Crippen LogP contribution is 2.29. The first kappa shape index (κ1) is 12.4. The molecule has 0 spiro atoms. The van der Waals surface area contributed by atoms with Crippen molar-refractivity contribution in [2.75, 3.05) is 12.8 Å². The second-order valence-corrected chi connectivity index (χ2v) is 4.46. The van der Waals surface area contributed by atoms with Gasteiger partial charge in [-0.05, 0) is 24.3 Å². The van der Waals surface area contributed by atoms with Crippen molar-refractivity contribution in [2.24, 2.45) is 0 Å².